The molecule has 2 aromatic carbocycles. The Labute approximate surface area is 136 Å². The minimum atomic E-state index is -1.26. The van der Waals surface area contributed by atoms with Crippen LogP contribution >= 0.6 is 15.9 Å². The van der Waals surface area contributed by atoms with Gasteiger partial charge in [0.1, 0.15) is 11.6 Å². The Balaban J connectivity index is 2.16. The summed E-state index contributed by atoms with van der Waals surface area (Å²) in [5.74, 6) is 0. The molecule has 3 rings (SSSR count). The van der Waals surface area contributed by atoms with Crippen LogP contribution in [-0.2, 0) is 5.60 Å². The van der Waals surface area contributed by atoms with E-state index >= 15 is 0 Å². The maximum Gasteiger partial charge on any atom is 0.162 e. The van der Waals surface area contributed by atoms with Crippen LogP contribution < -0.4 is 0 Å². The minimum Gasteiger partial charge on any atom is -0.378 e. The Morgan fingerprint density at radius 3 is 2.27 bits per heavy atom. The third kappa shape index (κ3) is 2.55. The molecule has 1 N–H and O–H groups in total. The van der Waals surface area contributed by atoms with Crippen LogP contribution in [0, 0.1) is 0 Å². The third-order valence-corrected chi connectivity index (χ3v) is 4.34. The second-order valence-electron chi connectivity index (χ2n) is 5.07. The zero-order valence-corrected chi connectivity index (χ0v) is 13.6. The van der Waals surface area contributed by atoms with Gasteiger partial charge in [0, 0.05) is 4.47 Å². The number of rotatable bonds is 4. The largest absolute Gasteiger partial charge is 0.378 e. The Hall–Kier alpha value is -2.05. The summed E-state index contributed by atoms with van der Waals surface area (Å²) in [7, 11) is 0. The van der Waals surface area contributed by atoms with E-state index in [0.717, 1.165) is 15.6 Å². The number of halogens is 1. The van der Waals surface area contributed by atoms with Crippen molar-refractivity contribution in [3.05, 3.63) is 76.5 Å². The van der Waals surface area contributed by atoms with Gasteiger partial charge in [0.25, 0.3) is 0 Å². The van der Waals surface area contributed by atoms with Crippen LogP contribution in [0.15, 0.2) is 65.4 Å². The maximum absolute atomic E-state index is 11.5. The molecule has 1 heterocycles. The lowest BCUT2D eigenvalue weighted by Gasteiger charge is -2.34. The highest BCUT2D eigenvalue weighted by Gasteiger charge is 2.40. The molecule has 5 nitrogen and oxygen atoms in total. The SMILES string of the molecule is CC(n1ncnn1)C(O)(c1ccccc1)c1ccc(Br)cc1. The Morgan fingerprint density at radius 2 is 1.68 bits per heavy atom. The van der Waals surface area contributed by atoms with Crippen LogP contribution in [0.3, 0.4) is 0 Å². The lowest BCUT2D eigenvalue weighted by molar-refractivity contribution is 0.0183. The summed E-state index contributed by atoms with van der Waals surface area (Å²) in [6, 6.07) is 16.7. The van der Waals surface area contributed by atoms with Crippen molar-refractivity contribution < 1.29 is 5.11 Å². The number of benzene rings is 2. The highest BCUT2D eigenvalue weighted by atomic mass is 79.9. The Bertz CT molecular complexity index is 731. The molecule has 0 saturated heterocycles. The lowest BCUT2D eigenvalue weighted by Crippen LogP contribution is -2.37. The molecule has 0 aliphatic carbocycles. The van der Waals surface area contributed by atoms with Gasteiger partial charge in [0.05, 0.1) is 0 Å². The summed E-state index contributed by atoms with van der Waals surface area (Å²) in [5, 5.41) is 23.3. The van der Waals surface area contributed by atoms with Gasteiger partial charge in [-0.05, 0) is 35.4 Å². The predicted octanol–water partition coefficient (Wildman–Crippen LogP) is 2.93. The van der Waals surface area contributed by atoms with Gasteiger partial charge in [-0.15, -0.1) is 10.2 Å². The molecular formula is C16H15BrN4O. The van der Waals surface area contributed by atoms with Gasteiger partial charge in [0.15, 0.2) is 6.33 Å². The van der Waals surface area contributed by atoms with Gasteiger partial charge in [-0.1, -0.05) is 58.4 Å². The van der Waals surface area contributed by atoms with E-state index in [1.165, 1.54) is 11.1 Å². The first-order chi connectivity index (χ1) is 10.6. The molecule has 1 aromatic heterocycles. The van der Waals surface area contributed by atoms with Crippen LogP contribution in [-0.4, -0.2) is 25.3 Å². The van der Waals surface area contributed by atoms with E-state index in [-0.39, 0.29) is 0 Å². The molecule has 3 aromatic rings. The van der Waals surface area contributed by atoms with Gasteiger partial charge in [-0.25, -0.2) is 0 Å². The average molecular weight is 359 g/mol. The summed E-state index contributed by atoms with van der Waals surface area (Å²) in [6.07, 6.45) is 1.36. The van der Waals surface area contributed by atoms with E-state index in [2.05, 4.69) is 31.3 Å². The molecule has 0 amide bonds. The molecule has 0 aliphatic heterocycles. The normalized spacial score (nSPS) is 15.2. The smallest absolute Gasteiger partial charge is 0.162 e. The van der Waals surface area contributed by atoms with Crippen LogP contribution in [0.25, 0.3) is 0 Å². The van der Waals surface area contributed by atoms with Gasteiger partial charge in [-0.3, -0.25) is 0 Å². The van der Waals surface area contributed by atoms with Gasteiger partial charge in [-0.2, -0.15) is 4.80 Å². The number of hydrogen-bond acceptors (Lipinski definition) is 4. The number of aliphatic hydroxyl groups is 1. The van der Waals surface area contributed by atoms with Crippen molar-refractivity contribution in [2.24, 2.45) is 0 Å². The van der Waals surface area contributed by atoms with E-state index in [1.54, 1.807) is 0 Å². The lowest BCUT2D eigenvalue weighted by atomic mass is 9.81. The summed E-state index contributed by atoms with van der Waals surface area (Å²) in [6.45, 7) is 1.87. The number of tetrazole rings is 1. The summed E-state index contributed by atoms with van der Waals surface area (Å²) in [4.78, 5) is 1.43. The van der Waals surface area contributed by atoms with Crippen molar-refractivity contribution in [2.75, 3.05) is 0 Å². The van der Waals surface area contributed by atoms with E-state index in [4.69, 9.17) is 0 Å². The summed E-state index contributed by atoms with van der Waals surface area (Å²) in [5.41, 5.74) is 0.289. The molecule has 6 heteroatoms. The van der Waals surface area contributed by atoms with Crippen LogP contribution in [0.2, 0.25) is 0 Å². The molecule has 0 aliphatic rings. The van der Waals surface area contributed by atoms with Gasteiger partial charge < -0.3 is 5.11 Å². The topological polar surface area (TPSA) is 63.8 Å². The quantitative estimate of drug-likeness (QED) is 0.778. The molecule has 2 unspecified atom stereocenters. The molecule has 0 saturated carbocycles. The fraction of sp³-hybridized carbons (Fsp3) is 0.188. The molecule has 0 spiro atoms. The van der Waals surface area contributed by atoms with Gasteiger partial charge in [0.2, 0.25) is 0 Å². The summed E-state index contributed by atoms with van der Waals surface area (Å²) >= 11 is 3.42. The maximum atomic E-state index is 11.5. The first-order valence-corrected chi connectivity index (χ1v) is 7.68. The molecule has 0 radical (unpaired) electrons. The monoisotopic (exact) mass is 358 g/mol. The zero-order valence-electron chi connectivity index (χ0n) is 12.0. The fourth-order valence-electron chi connectivity index (χ4n) is 2.56. The molecule has 2 atom stereocenters. The van der Waals surface area contributed by atoms with E-state index in [9.17, 15) is 5.11 Å². The fourth-order valence-corrected chi connectivity index (χ4v) is 2.83. The van der Waals surface area contributed by atoms with E-state index in [1.807, 2.05) is 61.5 Å². The Morgan fingerprint density at radius 1 is 1.05 bits per heavy atom. The molecule has 112 valence electrons. The van der Waals surface area contributed by atoms with Crippen LogP contribution in [0.4, 0.5) is 0 Å². The number of aromatic nitrogens is 4. The first kappa shape index (κ1) is 14.9. The second-order valence-corrected chi connectivity index (χ2v) is 5.99. The average Bonchev–Trinajstić information content (AvgIpc) is 3.09. The minimum absolute atomic E-state index is 0.418. The van der Waals surface area contributed by atoms with Gasteiger partial charge >= 0.3 is 0 Å². The number of hydrogen-bond donors (Lipinski definition) is 1. The first-order valence-electron chi connectivity index (χ1n) is 6.89. The molecule has 0 fully saturated rings. The van der Waals surface area contributed by atoms with Crippen molar-refractivity contribution in [3.8, 4) is 0 Å². The van der Waals surface area contributed by atoms with Crippen molar-refractivity contribution in [1.29, 1.82) is 0 Å². The van der Waals surface area contributed by atoms with E-state index < -0.39 is 11.6 Å². The summed E-state index contributed by atoms with van der Waals surface area (Å²) < 4.78 is 0.957. The Kier molecular flexibility index (Phi) is 4.04. The van der Waals surface area contributed by atoms with Crippen molar-refractivity contribution in [2.45, 2.75) is 18.6 Å². The standard InChI is InChI=1S/C16H15BrN4O/c1-12(21-19-11-18-20-21)16(22,13-5-3-2-4-6-13)14-7-9-15(17)10-8-14/h2-12,22H,1H3. The van der Waals surface area contributed by atoms with Crippen molar-refractivity contribution >= 4 is 15.9 Å². The third-order valence-electron chi connectivity index (χ3n) is 3.81. The zero-order chi connectivity index (χ0) is 15.6. The molecule has 0 bridgehead atoms. The van der Waals surface area contributed by atoms with Crippen LogP contribution in [0.5, 0.6) is 0 Å². The highest BCUT2D eigenvalue weighted by molar-refractivity contribution is 9.10. The van der Waals surface area contributed by atoms with E-state index in [0.29, 0.717) is 0 Å². The van der Waals surface area contributed by atoms with Crippen molar-refractivity contribution in [3.63, 3.8) is 0 Å². The molecular weight excluding hydrogens is 344 g/mol. The van der Waals surface area contributed by atoms with Crippen LogP contribution in [0.1, 0.15) is 24.1 Å². The highest BCUT2D eigenvalue weighted by Crippen LogP contribution is 2.39. The molecule has 22 heavy (non-hydrogen) atoms. The van der Waals surface area contributed by atoms with Crippen molar-refractivity contribution in [1.82, 2.24) is 20.2 Å². The predicted molar refractivity (Wildman–Crippen MR) is 86.1 cm³/mol. The second kappa shape index (κ2) is 5.98. The number of nitrogens with zero attached hydrogens (tertiary/aromatic N) is 4.